The first kappa shape index (κ1) is 47.6. The molecule has 0 bridgehead atoms. The van der Waals surface area contributed by atoms with Gasteiger partial charge in [0.1, 0.15) is 0 Å². The third-order valence-electron chi connectivity index (χ3n) is 10.3. The Morgan fingerprint density at radius 2 is 0.867 bits per heavy atom. The molecule has 0 aliphatic rings. The number of esters is 2. The molecule has 60 heavy (non-hydrogen) atoms. The number of methoxy groups -OCH3 is 2. The van der Waals surface area contributed by atoms with Crippen molar-refractivity contribution in [3.63, 3.8) is 0 Å². The first-order valence-corrected chi connectivity index (χ1v) is 21.9. The zero-order valence-electron chi connectivity index (χ0n) is 36.9. The monoisotopic (exact) mass is 824 g/mol. The summed E-state index contributed by atoms with van der Waals surface area (Å²) in [5.41, 5.74) is 4.14. The summed E-state index contributed by atoms with van der Waals surface area (Å²) < 4.78 is 36.6. The summed E-state index contributed by atoms with van der Waals surface area (Å²) in [5, 5.41) is 0. The maximum absolute atomic E-state index is 14.0. The number of carbonyl (C=O) groups is 2. The molecule has 2 unspecified atom stereocenters. The largest absolute Gasteiger partial charge is 0.493 e. The van der Waals surface area contributed by atoms with Gasteiger partial charge in [0, 0.05) is 50.1 Å². The number of nitrogens with zero attached hydrogens (tertiary/aromatic N) is 2. The highest BCUT2D eigenvalue weighted by Crippen LogP contribution is 2.34. The van der Waals surface area contributed by atoms with Crippen LogP contribution in [0.3, 0.4) is 0 Å². The molecule has 0 saturated heterocycles. The predicted molar refractivity (Wildman–Crippen MR) is 238 cm³/mol. The van der Waals surface area contributed by atoms with Crippen LogP contribution in [-0.4, -0.2) is 87.8 Å². The van der Waals surface area contributed by atoms with E-state index in [1.165, 1.54) is 11.1 Å². The fraction of sp³-hybridized carbons (Fsp3) is 0.480. The molecule has 0 aliphatic heterocycles. The highest BCUT2D eigenvalue weighted by atomic mass is 16.6. The molecule has 10 nitrogen and oxygen atoms in total. The van der Waals surface area contributed by atoms with Crippen LogP contribution in [0.25, 0.3) is 0 Å². The van der Waals surface area contributed by atoms with Crippen LogP contribution in [0.1, 0.15) is 88.5 Å². The Balaban J connectivity index is 1.54. The van der Waals surface area contributed by atoms with Crippen LogP contribution in [0.4, 0.5) is 0 Å². The average molecular weight is 825 g/mol. The summed E-state index contributed by atoms with van der Waals surface area (Å²) in [6.07, 6.45) is 5.81. The van der Waals surface area contributed by atoms with Gasteiger partial charge >= 0.3 is 11.9 Å². The molecule has 0 spiro atoms. The van der Waals surface area contributed by atoms with Gasteiger partial charge in [-0.25, -0.2) is 9.59 Å². The number of carbonyl (C=O) groups excluding carboxylic acids is 2. The van der Waals surface area contributed by atoms with Crippen molar-refractivity contribution in [1.29, 1.82) is 0 Å². The number of hydrogen-bond donors (Lipinski definition) is 0. The molecular formula is C50H68N2O8. The Bertz CT molecular complexity index is 1680. The molecule has 10 heteroatoms. The van der Waals surface area contributed by atoms with E-state index in [4.69, 9.17) is 28.4 Å². The zero-order valence-corrected chi connectivity index (χ0v) is 36.9. The van der Waals surface area contributed by atoms with Crippen molar-refractivity contribution < 1.29 is 38.0 Å². The van der Waals surface area contributed by atoms with E-state index in [0.29, 0.717) is 75.2 Å². The number of aryl methyl sites for hydroxylation is 2. The number of rotatable bonds is 28. The van der Waals surface area contributed by atoms with Crippen LogP contribution in [0.5, 0.6) is 23.0 Å². The van der Waals surface area contributed by atoms with Gasteiger partial charge in [0.2, 0.25) is 0 Å². The van der Waals surface area contributed by atoms with E-state index < -0.39 is 24.4 Å². The van der Waals surface area contributed by atoms with Gasteiger partial charge in [-0.1, -0.05) is 113 Å². The molecule has 326 valence electrons. The molecule has 0 radical (unpaired) electrons. The first-order valence-electron chi connectivity index (χ1n) is 21.9. The predicted octanol–water partition coefficient (Wildman–Crippen LogP) is 9.49. The van der Waals surface area contributed by atoms with Crippen molar-refractivity contribution in [2.24, 2.45) is 0 Å². The Morgan fingerprint density at radius 3 is 1.20 bits per heavy atom. The Morgan fingerprint density at radius 1 is 0.500 bits per heavy atom. The van der Waals surface area contributed by atoms with Gasteiger partial charge in [-0.05, 0) is 74.6 Å². The molecule has 0 N–H and O–H groups in total. The number of ether oxygens (including phenoxy) is 6. The second-order valence-corrected chi connectivity index (χ2v) is 15.0. The van der Waals surface area contributed by atoms with Crippen LogP contribution in [0.15, 0.2) is 97.1 Å². The van der Waals surface area contributed by atoms with Gasteiger partial charge in [-0.2, -0.15) is 0 Å². The number of hydrogen-bond acceptors (Lipinski definition) is 10. The molecular weight excluding hydrogens is 757 g/mol. The molecule has 4 aromatic carbocycles. The quantitative estimate of drug-likeness (QED) is 0.0239. The third-order valence-corrected chi connectivity index (χ3v) is 10.3. The highest BCUT2D eigenvalue weighted by molar-refractivity contribution is 6.29. The fourth-order valence-corrected chi connectivity index (χ4v) is 7.44. The van der Waals surface area contributed by atoms with Gasteiger partial charge in [0.05, 0.1) is 27.4 Å². The second kappa shape index (κ2) is 26.9. The van der Waals surface area contributed by atoms with E-state index in [0.717, 1.165) is 62.5 Å². The molecule has 0 aliphatic carbocycles. The van der Waals surface area contributed by atoms with E-state index in [9.17, 15) is 9.59 Å². The summed E-state index contributed by atoms with van der Waals surface area (Å²) in [5.74, 6) is 0.340. The lowest BCUT2D eigenvalue weighted by molar-refractivity contribution is -0.185. The Hall–Kier alpha value is -5.06. The van der Waals surface area contributed by atoms with Crippen LogP contribution in [0.2, 0.25) is 0 Å². The van der Waals surface area contributed by atoms with Crippen molar-refractivity contribution in [2.45, 2.75) is 104 Å². The lowest BCUT2D eigenvalue weighted by Gasteiger charge is -2.33. The summed E-state index contributed by atoms with van der Waals surface area (Å²) >= 11 is 0. The Labute approximate surface area is 359 Å². The maximum Gasteiger partial charge on any atom is 0.419 e. The van der Waals surface area contributed by atoms with Gasteiger partial charge < -0.3 is 28.4 Å². The number of para-hydroxylation sites is 2. The summed E-state index contributed by atoms with van der Waals surface area (Å²) in [6, 6.07) is 32.1. The summed E-state index contributed by atoms with van der Waals surface area (Å²) in [7, 11) is 3.24. The Kier molecular flexibility index (Phi) is 21.4. The minimum atomic E-state index is -1.04. The minimum Gasteiger partial charge on any atom is -0.493 e. The summed E-state index contributed by atoms with van der Waals surface area (Å²) in [6.45, 7) is 12.0. The van der Waals surface area contributed by atoms with Crippen LogP contribution >= 0.6 is 0 Å². The van der Waals surface area contributed by atoms with Crippen LogP contribution in [0, 0.1) is 0 Å². The van der Waals surface area contributed by atoms with Gasteiger partial charge in [-0.15, -0.1) is 0 Å². The highest BCUT2D eigenvalue weighted by Gasteiger charge is 2.32. The molecule has 0 aromatic heterocycles. The normalized spacial score (nSPS) is 12.2. The summed E-state index contributed by atoms with van der Waals surface area (Å²) in [4.78, 5) is 32.1. The molecule has 4 rings (SSSR count). The van der Waals surface area contributed by atoms with Crippen molar-refractivity contribution in [3.8, 4) is 23.0 Å². The van der Waals surface area contributed by atoms with Gasteiger partial charge in [-0.3, -0.25) is 9.80 Å². The smallest absolute Gasteiger partial charge is 0.419 e. The second-order valence-electron chi connectivity index (χ2n) is 15.0. The average Bonchev–Trinajstić information content (AvgIpc) is 3.27. The molecule has 0 fully saturated rings. The zero-order chi connectivity index (χ0) is 43.0. The van der Waals surface area contributed by atoms with Crippen molar-refractivity contribution in [3.05, 3.63) is 119 Å². The lowest BCUT2D eigenvalue weighted by atomic mass is 10.1. The van der Waals surface area contributed by atoms with E-state index in [2.05, 4.69) is 61.8 Å². The maximum atomic E-state index is 14.0. The molecule has 4 aromatic rings. The van der Waals surface area contributed by atoms with Crippen LogP contribution in [-0.2, 0) is 44.7 Å². The van der Waals surface area contributed by atoms with Crippen molar-refractivity contribution in [2.75, 3.05) is 53.6 Å². The third kappa shape index (κ3) is 15.2. The molecule has 0 heterocycles. The van der Waals surface area contributed by atoms with E-state index in [1.54, 1.807) is 14.2 Å². The first-order chi connectivity index (χ1) is 29.3. The van der Waals surface area contributed by atoms with E-state index in [1.807, 2.05) is 72.8 Å². The topological polar surface area (TPSA) is 96.0 Å². The van der Waals surface area contributed by atoms with Gasteiger partial charge in [0.15, 0.2) is 35.5 Å². The molecule has 0 saturated carbocycles. The van der Waals surface area contributed by atoms with Crippen molar-refractivity contribution >= 4 is 11.9 Å². The SMILES string of the molecule is CCCN(CCC)C(Cc1cccc(OC)c1OCCCc1ccccc1)OC(=O)C(=O)OC(Cc1cccc(OC)c1OCCCc1ccccc1)N(CCC)CCC. The molecule has 2 atom stereocenters. The lowest BCUT2D eigenvalue weighted by Crippen LogP contribution is -2.45. The minimum absolute atomic E-state index is 0.292. The van der Waals surface area contributed by atoms with Gasteiger partial charge in [0.25, 0.3) is 0 Å². The molecule has 0 amide bonds. The van der Waals surface area contributed by atoms with E-state index >= 15 is 0 Å². The van der Waals surface area contributed by atoms with Crippen molar-refractivity contribution in [1.82, 2.24) is 9.80 Å². The number of benzene rings is 4. The van der Waals surface area contributed by atoms with E-state index in [-0.39, 0.29) is 0 Å². The van der Waals surface area contributed by atoms with Crippen LogP contribution < -0.4 is 18.9 Å². The standard InChI is InChI=1S/C50H68N2O8/c1-7-31-51(32-8-2)45(37-41-27-17-29-43(55-5)47(41)57-35-19-25-39-21-13-11-14-22-39)59-49(53)50(54)60-46(52(33-9-3)34-10-4)38-42-28-18-30-44(56-6)48(42)58-36-20-26-40-23-15-12-16-24-40/h11-18,21-24,27-30,45-46H,7-10,19-20,25-26,31-38H2,1-6H3. The fourth-order valence-electron chi connectivity index (χ4n) is 7.44.